The minimum absolute atomic E-state index is 0.640. The lowest BCUT2D eigenvalue weighted by Crippen LogP contribution is -2.18. The van der Waals surface area contributed by atoms with Crippen molar-refractivity contribution in [2.24, 2.45) is 0 Å². The fourth-order valence-corrected chi connectivity index (χ4v) is 2.22. The molecule has 0 aliphatic rings. The Bertz CT molecular complexity index is 590. The quantitative estimate of drug-likeness (QED) is 0.759. The summed E-state index contributed by atoms with van der Waals surface area (Å²) in [6.07, 6.45) is 0. The molecular formula is C16H17Cl2NO2. The summed E-state index contributed by atoms with van der Waals surface area (Å²) in [5, 5.41) is 4.60. The number of hydrogen-bond donors (Lipinski definition) is 1. The van der Waals surface area contributed by atoms with Crippen LogP contribution in [0.1, 0.15) is 5.56 Å². The molecule has 3 nitrogen and oxygen atoms in total. The number of halogens is 2. The Balaban J connectivity index is 2.10. The smallest absolute Gasteiger partial charge is 0.132 e. The lowest BCUT2D eigenvalue weighted by Gasteiger charge is -2.12. The lowest BCUT2D eigenvalue weighted by molar-refractivity contribution is 0.199. The average Bonchev–Trinajstić information content (AvgIpc) is 2.46. The predicted molar refractivity (Wildman–Crippen MR) is 86.6 cm³/mol. The highest BCUT2D eigenvalue weighted by Crippen LogP contribution is 2.29. The Hall–Kier alpha value is -1.26. The highest BCUT2D eigenvalue weighted by molar-refractivity contribution is 6.31. The van der Waals surface area contributed by atoms with Crippen LogP contribution < -0.4 is 10.1 Å². The molecule has 2 rings (SSSR count). The molecule has 0 radical (unpaired) electrons. The second-order valence-electron chi connectivity index (χ2n) is 4.48. The van der Waals surface area contributed by atoms with Crippen molar-refractivity contribution in [3.8, 4) is 11.5 Å². The molecule has 0 bridgehead atoms. The summed E-state index contributed by atoms with van der Waals surface area (Å²) in [5.74, 6) is 1.45. The molecule has 0 aliphatic carbocycles. The van der Waals surface area contributed by atoms with E-state index in [1.165, 1.54) is 0 Å². The van der Waals surface area contributed by atoms with Gasteiger partial charge in [-0.25, -0.2) is 0 Å². The van der Waals surface area contributed by atoms with Gasteiger partial charge in [0.05, 0.1) is 6.61 Å². The molecule has 0 fully saturated rings. The molecule has 112 valence electrons. The van der Waals surface area contributed by atoms with E-state index < -0.39 is 0 Å². The summed E-state index contributed by atoms with van der Waals surface area (Å²) in [6, 6.07) is 12.9. The van der Waals surface area contributed by atoms with Gasteiger partial charge in [-0.05, 0) is 36.4 Å². The van der Waals surface area contributed by atoms with Crippen LogP contribution in [0.3, 0.4) is 0 Å². The molecule has 1 N–H and O–H groups in total. The van der Waals surface area contributed by atoms with E-state index in [9.17, 15) is 0 Å². The first kappa shape index (κ1) is 16.1. The van der Waals surface area contributed by atoms with Crippen molar-refractivity contribution in [2.45, 2.75) is 6.54 Å². The maximum absolute atomic E-state index is 6.06. The summed E-state index contributed by atoms with van der Waals surface area (Å²) in [7, 11) is 1.68. The summed E-state index contributed by atoms with van der Waals surface area (Å²) in [6.45, 7) is 2.07. The van der Waals surface area contributed by atoms with Crippen molar-refractivity contribution in [2.75, 3.05) is 20.3 Å². The SMILES string of the molecule is COCCNCc1cc(Cl)ccc1Oc1cccc(Cl)c1. The Kier molecular flexibility index (Phi) is 6.33. The van der Waals surface area contributed by atoms with Gasteiger partial charge in [0.15, 0.2) is 0 Å². The largest absolute Gasteiger partial charge is 0.457 e. The van der Waals surface area contributed by atoms with E-state index in [4.69, 9.17) is 32.7 Å². The standard InChI is InChI=1S/C16H17Cl2NO2/c1-20-8-7-19-11-12-9-14(18)5-6-16(12)21-15-4-2-3-13(17)10-15/h2-6,9-10,19H,7-8,11H2,1H3. The molecule has 2 aromatic carbocycles. The molecule has 0 amide bonds. The average molecular weight is 326 g/mol. The van der Waals surface area contributed by atoms with Gasteiger partial charge in [-0.2, -0.15) is 0 Å². The highest BCUT2D eigenvalue weighted by Gasteiger charge is 2.06. The monoisotopic (exact) mass is 325 g/mol. The Labute approximate surface area is 134 Å². The number of ether oxygens (including phenoxy) is 2. The predicted octanol–water partition coefficient (Wildman–Crippen LogP) is 4.52. The third-order valence-electron chi connectivity index (χ3n) is 2.84. The molecule has 2 aromatic rings. The fraction of sp³-hybridized carbons (Fsp3) is 0.250. The molecule has 0 heterocycles. The zero-order chi connectivity index (χ0) is 15.1. The number of methoxy groups -OCH3 is 1. The Morgan fingerprint density at radius 2 is 1.86 bits per heavy atom. The molecule has 0 saturated carbocycles. The van der Waals surface area contributed by atoms with Crippen LogP contribution in [0.2, 0.25) is 10.0 Å². The zero-order valence-corrected chi connectivity index (χ0v) is 13.2. The highest BCUT2D eigenvalue weighted by atomic mass is 35.5. The third kappa shape index (κ3) is 5.21. The van der Waals surface area contributed by atoms with Crippen LogP contribution in [-0.2, 0) is 11.3 Å². The minimum atomic E-state index is 0.640. The van der Waals surface area contributed by atoms with E-state index in [2.05, 4.69) is 5.32 Å². The van der Waals surface area contributed by atoms with Crippen LogP contribution in [0.5, 0.6) is 11.5 Å². The maximum Gasteiger partial charge on any atom is 0.132 e. The first-order valence-electron chi connectivity index (χ1n) is 6.60. The Morgan fingerprint density at radius 1 is 1.05 bits per heavy atom. The topological polar surface area (TPSA) is 30.5 Å². The summed E-state index contributed by atoms with van der Waals surface area (Å²) >= 11 is 12.0. The van der Waals surface area contributed by atoms with Crippen molar-refractivity contribution in [3.05, 3.63) is 58.1 Å². The van der Waals surface area contributed by atoms with Crippen molar-refractivity contribution in [3.63, 3.8) is 0 Å². The molecule has 0 spiro atoms. The van der Waals surface area contributed by atoms with Crippen LogP contribution >= 0.6 is 23.2 Å². The fourth-order valence-electron chi connectivity index (χ4n) is 1.84. The Morgan fingerprint density at radius 3 is 2.62 bits per heavy atom. The van der Waals surface area contributed by atoms with Crippen LogP contribution in [0.4, 0.5) is 0 Å². The van der Waals surface area contributed by atoms with E-state index in [1.807, 2.05) is 30.3 Å². The van der Waals surface area contributed by atoms with E-state index in [0.717, 1.165) is 17.9 Å². The van der Waals surface area contributed by atoms with Crippen LogP contribution in [0, 0.1) is 0 Å². The number of rotatable bonds is 7. The van der Waals surface area contributed by atoms with Gasteiger partial charge in [0, 0.05) is 35.8 Å². The van der Waals surface area contributed by atoms with E-state index in [0.29, 0.717) is 28.9 Å². The zero-order valence-electron chi connectivity index (χ0n) is 11.7. The number of nitrogens with one attached hydrogen (secondary N) is 1. The van der Waals surface area contributed by atoms with Gasteiger partial charge in [0.2, 0.25) is 0 Å². The molecule has 0 aromatic heterocycles. The van der Waals surface area contributed by atoms with Crippen LogP contribution in [0.25, 0.3) is 0 Å². The summed E-state index contributed by atoms with van der Waals surface area (Å²) in [5.41, 5.74) is 0.985. The minimum Gasteiger partial charge on any atom is -0.457 e. The number of hydrogen-bond acceptors (Lipinski definition) is 3. The van der Waals surface area contributed by atoms with E-state index in [-0.39, 0.29) is 0 Å². The van der Waals surface area contributed by atoms with Crippen molar-refractivity contribution < 1.29 is 9.47 Å². The molecule has 21 heavy (non-hydrogen) atoms. The maximum atomic E-state index is 6.06. The first-order chi connectivity index (χ1) is 10.2. The summed E-state index contributed by atoms with van der Waals surface area (Å²) in [4.78, 5) is 0. The van der Waals surface area contributed by atoms with E-state index in [1.54, 1.807) is 19.2 Å². The third-order valence-corrected chi connectivity index (χ3v) is 3.32. The first-order valence-corrected chi connectivity index (χ1v) is 7.36. The van der Waals surface area contributed by atoms with Crippen LogP contribution in [-0.4, -0.2) is 20.3 Å². The van der Waals surface area contributed by atoms with Gasteiger partial charge in [-0.15, -0.1) is 0 Å². The number of benzene rings is 2. The normalized spacial score (nSPS) is 10.6. The molecule has 0 aliphatic heterocycles. The molecular weight excluding hydrogens is 309 g/mol. The van der Waals surface area contributed by atoms with Gasteiger partial charge < -0.3 is 14.8 Å². The molecule has 0 unspecified atom stereocenters. The van der Waals surface area contributed by atoms with Crippen LogP contribution in [0.15, 0.2) is 42.5 Å². The van der Waals surface area contributed by atoms with Crippen molar-refractivity contribution in [1.29, 1.82) is 0 Å². The van der Waals surface area contributed by atoms with Gasteiger partial charge in [0.25, 0.3) is 0 Å². The van der Waals surface area contributed by atoms with Gasteiger partial charge >= 0.3 is 0 Å². The summed E-state index contributed by atoms with van der Waals surface area (Å²) < 4.78 is 10.9. The second kappa shape index (κ2) is 8.25. The van der Waals surface area contributed by atoms with Crippen molar-refractivity contribution >= 4 is 23.2 Å². The molecule has 5 heteroatoms. The van der Waals surface area contributed by atoms with Crippen molar-refractivity contribution in [1.82, 2.24) is 5.32 Å². The van der Waals surface area contributed by atoms with Gasteiger partial charge in [-0.1, -0.05) is 29.3 Å². The van der Waals surface area contributed by atoms with Gasteiger partial charge in [0.1, 0.15) is 11.5 Å². The second-order valence-corrected chi connectivity index (χ2v) is 5.35. The van der Waals surface area contributed by atoms with Gasteiger partial charge in [-0.3, -0.25) is 0 Å². The lowest BCUT2D eigenvalue weighted by atomic mass is 10.2. The molecule has 0 saturated heterocycles. The van der Waals surface area contributed by atoms with E-state index >= 15 is 0 Å². The molecule has 0 atom stereocenters.